The van der Waals surface area contributed by atoms with E-state index in [4.69, 9.17) is 9.47 Å². The van der Waals surface area contributed by atoms with Gasteiger partial charge in [0.2, 0.25) is 0 Å². The van der Waals surface area contributed by atoms with E-state index >= 15 is 0 Å². The maximum Gasteiger partial charge on any atom is 0.310 e. The van der Waals surface area contributed by atoms with Crippen LogP contribution in [0.2, 0.25) is 0 Å². The lowest BCUT2D eigenvalue weighted by atomic mass is 10.2. The van der Waals surface area contributed by atoms with E-state index in [-0.39, 0.29) is 17.2 Å². The zero-order chi connectivity index (χ0) is 19.8. The van der Waals surface area contributed by atoms with Crippen molar-refractivity contribution in [2.24, 2.45) is 5.10 Å². The summed E-state index contributed by atoms with van der Waals surface area (Å²) in [5.41, 5.74) is 2.65. The fourth-order valence-electron chi connectivity index (χ4n) is 2.02. The van der Waals surface area contributed by atoms with Crippen molar-refractivity contribution >= 4 is 40.4 Å². The molecule has 2 N–H and O–H groups in total. The minimum atomic E-state index is -0.589. The van der Waals surface area contributed by atoms with Gasteiger partial charge in [0.05, 0.1) is 21.3 Å². The molecule has 0 saturated heterocycles. The van der Waals surface area contributed by atoms with Crippen molar-refractivity contribution < 1.29 is 24.3 Å². The SMILES string of the molecule is CCOc1cc(/C=N\NC(=O)COc2ccccc2[N+](=O)[O-])cc(I)c1O. The van der Waals surface area contributed by atoms with Gasteiger partial charge in [-0.25, -0.2) is 5.43 Å². The number of phenols is 1. The van der Waals surface area contributed by atoms with Gasteiger partial charge in [0, 0.05) is 6.07 Å². The third-order valence-corrected chi connectivity index (χ3v) is 4.00. The number of rotatable bonds is 8. The number of aromatic hydroxyl groups is 1. The highest BCUT2D eigenvalue weighted by atomic mass is 127. The quantitative estimate of drug-likeness (QED) is 0.257. The van der Waals surface area contributed by atoms with E-state index in [1.54, 1.807) is 25.1 Å². The Morgan fingerprint density at radius 2 is 2.07 bits per heavy atom. The summed E-state index contributed by atoms with van der Waals surface area (Å²) in [6, 6.07) is 9.01. The zero-order valence-electron chi connectivity index (χ0n) is 14.2. The van der Waals surface area contributed by atoms with Gasteiger partial charge in [-0.3, -0.25) is 14.9 Å². The van der Waals surface area contributed by atoms with Crippen molar-refractivity contribution in [1.29, 1.82) is 0 Å². The Morgan fingerprint density at radius 3 is 2.78 bits per heavy atom. The normalized spacial score (nSPS) is 10.6. The third kappa shape index (κ3) is 5.81. The van der Waals surface area contributed by atoms with Gasteiger partial charge in [0.1, 0.15) is 0 Å². The fourth-order valence-corrected chi connectivity index (χ4v) is 2.64. The molecule has 142 valence electrons. The van der Waals surface area contributed by atoms with E-state index in [1.807, 2.05) is 22.6 Å². The van der Waals surface area contributed by atoms with Crippen molar-refractivity contribution in [2.75, 3.05) is 13.2 Å². The van der Waals surface area contributed by atoms with Gasteiger partial charge in [-0.05, 0) is 53.3 Å². The first-order chi connectivity index (χ1) is 12.9. The summed E-state index contributed by atoms with van der Waals surface area (Å²) in [6.07, 6.45) is 1.38. The van der Waals surface area contributed by atoms with Crippen LogP contribution in [0, 0.1) is 13.7 Å². The molecule has 0 aliphatic carbocycles. The Labute approximate surface area is 168 Å². The van der Waals surface area contributed by atoms with Crippen LogP contribution in [0.3, 0.4) is 0 Å². The lowest BCUT2D eigenvalue weighted by Crippen LogP contribution is -2.24. The van der Waals surface area contributed by atoms with Gasteiger partial charge in [-0.2, -0.15) is 5.10 Å². The molecule has 0 heterocycles. The first kappa shape index (κ1) is 20.4. The molecular formula is C17H16IN3O6. The number of benzene rings is 2. The van der Waals surface area contributed by atoms with Crippen molar-refractivity contribution in [1.82, 2.24) is 5.43 Å². The number of hydrogen-bond donors (Lipinski definition) is 2. The van der Waals surface area contributed by atoms with Crippen molar-refractivity contribution in [3.8, 4) is 17.2 Å². The topological polar surface area (TPSA) is 123 Å². The van der Waals surface area contributed by atoms with Crippen LogP contribution in [0.1, 0.15) is 12.5 Å². The van der Waals surface area contributed by atoms with Gasteiger partial charge < -0.3 is 14.6 Å². The molecule has 0 aliphatic heterocycles. The number of ether oxygens (including phenoxy) is 2. The molecule has 0 aliphatic rings. The molecule has 0 radical (unpaired) electrons. The van der Waals surface area contributed by atoms with E-state index in [9.17, 15) is 20.0 Å². The number of carbonyl (C=O) groups excluding carboxylic acids is 1. The van der Waals surface area contributed by atoms with Crippen LogP contribution in [-0.2, 0) is 4.79 Å². The Bertz CT molecular complexity index is 872. The number of para-hydroxylation sites is 2. The zero-order valence-corrected chi connectivity index (χ0v) is 16.4. The summed E-state index contributed by atoms with van der Waals surface area (Å²) < 4.78 is 11.1. The highest BCUT2D eigenvalue weighted by molar-refractivity contribution is 14.1. The summed E-state index contributed by atoms with van der Waals surface area (Å²) in [6.45, 7) is 1.76. The maximum atomic E-state index is 11.8. The van der Waals surface area contributed by atoms with Gasteiger partial charge in [-0.1, -0.05) is 12.1 Å². The molecule has 2 aromatic carbocycles. The lowest BCUT2D eigenvalue weighted by molar-refractivity contribution is -0.385. The molecule has 2 rings (SSSR count). The Hall–Kier alpha value is -2.89. The van der Waals surface area contributed by atoms with Crippen LogP contribution in [0.15, 0.2) is 41.5 Å². The highest BCUT2D eigenvalue weighted by Gasteiger charge is 2.14. The molecule has 0 aromatic heterocycles. The predicted molar refractivity (Wildman–Crippen MR) is 106 cm³/mol. The van der Waals surface area contributed by atoms with E-state index < -0.39 is 17.4 Å². The van der Waals surface area contributed by atoms with Crippen molar-refractivity contribution in [2.45, 2.75) is 6.92 Å². The second-order valence-corrected chi connectivity index (χ2v) is 6.25. The summed E-state index contributed by atoms with van der Waals surface area (Å²) in [5.74, 6) is -0.229. The Morgan fingerprint density at radius 1 is 1.33 bits per heavy atom. The smallest absolute Gasteiger partial charge is 0.310 e. The standard InChI is InChI=1S/C17H16IN3O6/c1-2-26-15-8-11(7-12(18)17(15)23)9-19-20-16(22)10-27-14-6-4-3-5-13(14)21(24)25/h3-9,23H,2,10H2,1H3,(H,20,22)/b19-9-. The summed E-state index contributed by atoms with van der Waals surface area (Å²) in [7, 11) is 0. The van der Waals surface area contributed by atoms with Crippen LogP contribution in [-0.4, -0.2) is 35.4 Å². The average Bonchev–Trinajstić information content (AvgIpc) is 2.64. The first-order valence-corrected chi connectivity index (χ1v) is 8.83. The number of hydrogen-bond acceptors (Lipinski definition) is 7. The van der Waals surface area contributed by atoms with Crippen LogP contribution in [0.4, 0.5) is 5.69 Å². The average molecular weight is 485 g/mol. The molecule has 0 bridgehead atoms. The monoisotopic (exact) mass is 485 g/mol. The fraction of sp³-hybridized carbons (Fsp3) is 0.176. The lowest BCUT2D eigenvalue weighted by Gasteiger charge is -2.08. The second kappa shape index (κ2) is 9.71. The molecule has 0 fully saturated rings. The number of phenolic OH excluding ortho intramolecular Hbond substituents is 1. The number of nitrogens with zero attached hydrogens (tertiary/aromatic N) is 2. The Kier molecular flexibility index (Phi) is 7.34. The van der Waals surface area contributed by atoms with Crippen molar-refractivity contribution in [3.05, 3.63) is 55.6 Å². The molecule has 0 saturated carbocycles. The molecule has 0 unspecified atom stereocenters. The first-order valence-electron chi connectivity index (χ1n) is 7.75. The van der Waals surface area contributed by atoms with E-state index in [1.165, 1.54) is 24.4 Å². The van der Waals surface area contributed by atoms with E-state index in [0.29, 0.717) is 21.5 Å². The molecule has 0 atom stereocenters. The molecule has 2 aromatic rings. The van der Waals surface area contributed by atoms with Crippen LogP contribution >= 0.6 is 22.6 Å². The number of carbonyl (C=O) groups is 1. The number of nitrogens with one attached hydrogen (secondary N) is 1. The summed E-state index contributed by atoms with van der Waals surface area (Å²) in [4.78, 5) is 22.1. The summed E-state index contributed by atoms with van der Waals surface area (Å²) >= 11 is 1.95. The number of hydrazone groups is 1. The Balaban J connectivity index is 1.95. The van der Waals surface area contributed by atoms with Crippen LogP contribution < -0.4 is 14.9 Å². The number of nitro groups is 1. The minimum absolute atomic E-state index is 0.00364. The predicted octanol–water partition coefficient (Wildman–Crippen LogP) is 2.83. The molecule has 9 nitrogen and oxygen atoms in total. The van der Waals surface area contributed by atoms with E-state index in [2.05, 4.69) is 10.5 Å². The molecular weight excluding hydrogens is 469 g/mol. The number of amides is 1. The molecule has 27 heavy (non-hydrogen) atoms. The van der Waals surface area contributed by atoms with Crippen molar-refractivity contribution in [3.63, 3.8) is 0 Å². The van der Waals surface area contributed by atoms with Gasteiger partial charge in [-0.15, -0.1) is 0 Å². The third-order valence-electron chi connectivity index (χ3n) is 3.17. The van der Waals surface area contributed by atoms with E-state index in [0.717, 1.165) is 0 Å². The van der Waals surface area contributed by atoms with Crippen LogP contribution in [0.25, 0.3) is 0 Å². The maximum absolute atomic E-state index is 11.8. The summed E-state index contributed by atoms with van der Waals surface area (Å²) in [5, 5.41) is 24.6. The largest absolute Gasteiger partial charge is 0.504 e. The number of nitro benzene ring substituents is 1. The number of halogens is 1. The highest BCUT2D eigenvalue weighted by Crippen LogP contribution is 2.32. The minimum Gasteiger partial charge on any atom is -0.504 e. The van der Waals surface area contributed by atoms with Crippen LogP contribution in [0.5, 0.6) is 17.2 Å². The van der Waals surface area contributed by atoms with Gasteiger partial charge >= 0.3 is 5.69 Å². The van der Waals surface area contributed by atoms with Gasteiger partial charge in [0.25, 0.3) is 5.91 Å². The molecule has 10 heteroatoms. The molecule has 0 spiro atoms. The molecule has 1 amide bonds. The second-order valence-electron chi connectivity index (χ2n) is 5.09. The van der Waals surface area contributed by atoms with Gasteiger partial charge in [0.15, 0.2) is 23.9 Å².